The molecule has 3 rings (SSSR count). The lowest BCUT2D eigenvalue weighted by Gasteiger charge is -2.16. The van der Waals surface area contributed by atoms with Crippen molar-refractivity contribution >= 4 is 16.9 Å². The van der Waals surface area contributed by atoms with E-state index in [9.17, 15) is 9.18 Å². The first kappa shape index (κ1) is 17.2. The highest BCUT2D eigenvalue weighted by Crippen LogP contribution is 2.32. The third-order valence-corrected chi connectivity index (χ3v) is 4.28. The van der Waals surface area contributed by atoms with Gasteiger partial charge in [-0.05, 0) is 29.7 Å². The molecule has 1 heterocycles. The third-order valence-electron chi connectivity index (χ3n) is 4.28. The van der Waals surface area contributed by atoms with E-state index in [0.29, 0.717) is 22.6 Å². The maximum Gasteiger partial charge on any atom is 0.341 e. The minimum atomic E-state index is -0.636. The van der Waals surface area contributed by atoms with Gasteiger partial charge < -0.3 is 14.9 Å². The number of methoxy groups -OCH3 is 1. The number of rotatable bonds is 4. The van der Waals surface area contributed by atoms with Gasteiger partial charge in [0, 0.05) is 17.0 Å². The summed E-state index contributed by atoms with van der Waals surface area (Å²) in [5.74, 6) is -0.264. The number of carbonyl (C=O) groups excluding carboxylic acids is 1. The highest BCUT2D eigenvalue weighted by Gasteiger charge is 2.18. The molecule has 0 aliphatic heterocycles. The number of fused-ring (bicyclic) bond motifs is 1. The Hall–Kier alpha value is -2.66. The first-order chi connectivity index (χ1) is 11.9. The van der Waals surface area contributed by atoms with Crippen LogP contribution in [-0.4, -0.2) is 13.1 Å². The fourth-order valence-corrected chi connectivity index (χ4v) is 2.77. The molecule has 0 aliphatic carbocycles. The molecule has 0 saturated carbocycles. The third kappa shape index (κ3) is 3.28. The van der Waals surface area contributed by atoms with Crippen LogP contribution < -0.4 is 5.73 Å². The van der Waals surface area contributed by atoms with Crippen LogP contribution in [0.5, 0.6) is 0 Å². The minimum Gasteiger partial charge on any atom is -0.465 e. The number of nitrogens with two attached hydrogens (primary N) is 1. The first-order valence-electron chi connectivity index (χ1n) is 8.08. The Morgan fingerprint density at radius 2 is 1.84 bits per heavy atom. The van der Waals surface area contributed by atoms with Gasteiger partial charge in [-0.25, -0.2) is 9.18 Å². The number of hydrogen-bond acceptors (Lipinski definition) is 4. The van der Waals surface area contributed by atoms with Crippen LogP contribution in [0.25, 0.3) is 22.3 Å². The summed E-state index contributed by atoms with van der Waals surface area (Å²) in [7, 11) is 1.25. The molecule has 0 radical (unpaired) electrons. The Kier molecular flexibility index (Phi) is 4.59. The molecular weight excluding hydrogens is 321 g/mol. The van der Waals surface area contributed by atoms with E-state index < -0.39 is 11.8 Å². The average molecular weight is 341 g/mol. The minimum absolute atomic E-state index is 0.0373. The van der Waals surface area contributed by atoms with Crippen molar-refractivity contribution in [2.24, 2.45) is 11.7 Å². The Labute approximate surface area is 145 Å². The molecule has 1 unspecified atom stereocenters. The fourth-order valence-electron chi connectivity index (χ4n) is 2.77. The van der Waals surface area contributed by atoms with Crippen molar-refractivity contribution in [3.63, 3.8) is 0 Å². The van der Waals surface area contributed by atoms with Crippen LogP contribution in [0.1, 0.15) is 35.8 Å². The molecule has 1 aromatic heterocycles. The second kappa shape index (κ2) is 6.69. The smallest absolute Gasteiger partial charge is 0.341 e. The van der Waals surface area contributed by atoms with Gasteiger partial charge in [-0.1, -0.05) is 38.1 Å². The molecule has 2 aromatic carbocycles. The maximum atomic E-state index is 13.8. The van der Waals surface area contributed by atoms with Crippen LogP contribution >= 0.6 is 0 Å². The molecule has 130 valence electrons. The van der Waals surface area contributed by atoms with Crippen molar-refractivity contribution in [1.82, 2.24) is 0 Å². The van der Waals surface area contributed by atoms with Gasteiger partial charge >= 0.3 is 5.97 Å². The number of esters is 1. The van der Waals surface area contributed by atoms with E-state index >= 15 is 0 Å². The molecule has 3 aromatic rings. The van der Waals surface area contributed by atoms with Crippen LogP contribution in [0.15, 0.2) is 46.9 Å². The Bertz CT molecular complexity index is 913. The number of halogens is 1. The molecule has 1 atom stereocenters. The van der Waals surface area contributed by atoms with E-state index in [1.54, 1.807) is 6.07 Å². The Balaban J connectivity index is 2.03. The van der Waals surface area contributed by atoms with Crippen molar-refractivity contribution in [2.45, 2.75) is 19.9 Å². The summed E-state index contributed by atoms with van der Waals surface area (Å²) >= 11 is 0. The Morgan fingerprint density at radius 1 is 1.16 bits per heavy atom. The molecule has 0 aliphatic rings. The summed E-state index contributed by atoms with van der Waals surface area (Å²) in [5, 5.41) is 0.512. The van der Waals surface area contributed by atoms with Crippen LogP contribution in [0.2, 0.25) is 0 Å². The summed E-state index contributed by atoms with van der Waals surface area (Å²) in [5.41, 5.74) is 8.40. The van der Waals surface area contributed by atoms with E-state index in [2.05, 4.69) is 13.8 Å². The van der Waals surface area contributed by atoms with Crippen molar-refractivity contribution in [3.05, 3.63) is 59.4 Å². The van der Waals surface area contributed by atoms with Gasteiger partial charge in [0.25, 0.3) is 0 Å². The number of carbonyl (C=O) groups is 1. The number of hydrogen-bond donors (Lipinski definition) is 1. The summed E-state index contributed by atoms with van der Waals surface area (Å²) in [6, 6.07) is 11.8. The number of benzene rings is 2. The van der Waals surface area contributed by atoms with Gasteiger partial charge in [0.15, 0.2) is 0 Å². The van der Waals surface area contributed by atoms with Crippen molar-refractivity contribution in [2.75, 3.05) is 7.11 Å². The molecule has 5 heteroatoms. The van der Waals surface area contributed by atoms with E-state index in [-0.39, 0.29) is 11.6 Å². The topological polar surface area (TPSA) is 65.5 Å². The largest absolute Gasteiger partial charge is 0.465 e. The zero-order valence-electron chi connectivity index (χ0n) is 14.4. The maximum absolute atomic E-state index is 13.8. The lowest BCUT2D eigenvalue weighted by molar-refractivity contribution is 0.0601. The van der Waals surface area contributed by atoms with Gasteiger partial charge in [0.2, 0.25) is 0 Å². The van der Waals surface area contributed by atoms with Gasteiger partial charge in [0.1, 0.15) is 22.7 Å². The van der Waals surface area contributed by atoms with Crippen LogP contribution in [0, 0.1) is 11.7 Å². The quantitative estimate of drug-likeness (QED) is 0.700. The van der Waals surface area contributed by atoms with Gasteiger partial charge in [-0.2, -0.15) is 0 Å². The van der Waals surface area contributed by atoms with E-state index in [4.69, 9.17) is 14.9 Å². The van der Waals surface area contributed by atoms with Crippen molar-refractivity contribution in [1.29, 1.82) is 0 Å². The molecular formula is C20H20FNO3. The zero-order chi connectivity index (χ0) is 18.1. The van der Waals surface area contributed by atoms with Crippen LogP contribution in [-0.2, 0) is 4.74 Å². The summed E-state index contributed by atoms with van der Waals surface area (Å²) < 4.78 is 24.3. The molecule has 0 bridgehead atoms. The van der Waals surface area contributed by atoms with E-state index in [0.717, 1.165) is 17.2 Å². The molecule has 0 spiro atoms. The standard InChI is InChI=1S/C20H20FNO3/c1-11(2)18(22)13-6-4-12(5-7-13)17-9-14-8-15(21)10-16(19(14)25-17)20(23)24-3/h4-11,18H,22H2,1-3H3. The van der Waals surface area contributed by atoms with E-state index in [1.807, 2.05) is 24.3 Å². The normalized spacial score (nSPS) is 12.6. The van der Waals surface area contributed by atoms with Crippen LogP contribution in [0.4, 0.5) is 4.39 Å². The predicted octanol–water partition coefficient (Wildman–Crippen LogP) is 4.68. The number of ether oxygens (including phenoxy) is 1. The van der Waals surface area contributed by atoms with Gasteiger partial charge in [0.05, 0.1) is 7.11 Å². The van der Waals surface area contributed by atoms with Gasteiger partial charge in [-0.15, -0.1) is 0 Å². The molecule has 0 saturated heterocycles. The summed E-state index contributed by atoms with van der Waals surface area (Å²) in [4.78, 5) is 11.8. The monoisotopic (exact) mass is 341 g/mol. The molecule has 2 N–H and O–H groups in total. The predicted molar refractivity (Wildman–Crippen MR) is 94.7 cm³/mol. The average Bonchev–Trinajstić information content (AvgIpc) is 3.03. The summed E-state index contributed by atoms with van der Waals surface area (Å²) in [6.45, 7) is 4.14. The van der Waals surface area contributed by atoms with E-state index in [1.165, 1.54) is 13.2 Å². The number of furan rings is 1. The molecule has 0 fully saturated rings. The highest BCUT2D eigenvalue weighted by atomic mass is 19.1. The zero-order valence-corrected chi connectivity index (χ0v) is 14.4. The lowest BCUT2D eigenvalue weighted by atomic mass is 9.96. The first-order valence-corrected chi connectivity index (χ1v) is 8.08. The second-order valence-corrected chi connectivity index (χ2v) is 6.37. The molecule has 25 heavy (non-hydrogen) atoms. The summed E-state index contributed by atoms with van der Waals surface area (Å²) in [6.07, 6.45) is 0. The van der Waals surface area contributed by atoms with Crippen molar-refractivity contribution in [3.8, 4) is 11.3 Å². The SMILES string of the molecule is COC(=O)c1cc(F)cc2cc(-c3ccc(C(N)C(C)C)cc3)oc12. The fraction of sp³-hybridized carbons (Fsp3) is 0.250. The highest BCUT2D eigenvalue weighted by molar-refractivity contribution is 6.03. The molecule has 4 nitrogen and oxygen atoms in total. The van der Waals surface area contributed by atoms with Crippen LogP contribution in [0.3, 0.4) is 0 Å². The lowest BCUT2D eigenvalue weighted by Crippen LogP contribution is -2.16. The van der Waals surface area contributed by atoms with Gasteiger partial charge in [-0.3, -0.25) is 0 Å². The Morgan fingerprint density at radius 3 is 2.44 bits per heavy atom. The molecule has 0 amide bonds. The second-order valence-electron chi connectivity index (χ2n) is 6.37. The van der Waals surface area contributed by atoms with Crippen molar-refractivity contribution < 1.29 is 18.3 Å².